The lowest BCUT2D eigenvalue weighted by molar-refractivity contribution is 0.0467. The molecular weight excluding hydrogens is 390 g/mol. The van der Waals surface area contributed by atoms with Gasteiger partial charge >= 0.3 is 5.97 Å². The van der Waals surface area contributed by atoms with Crippen molar-refractivity contribution >= 4 is 17.6 Å². The zero-order valence-electron chi connectivity index (χ0n) is 15.7. The molecule has 0 saturated heterocycles. The number of aromatic nitrogens is 3. The lowest BCUT2D eigenvalue weighted by atomic mass is 10.2. The lowest BCUT2D eigenvalue weighted by Gasteiger charge is -2.04. The number of carbonyl (C=O) groups excluding carboxylic acids is 1. The Bertz CT molecular complexity index is 1140. The van der Waals surface area contributed by atoms with E-state index in [0.717, 1.165) is 11.1 Å². The van der Waals surface area contributed by atoms with E-state index in [0.29, 0.717) is 34.5 Å². The monoisotopic (exact) mass is 407 g/mol. The number of halogens is 1. The number of benzene rings is 2. The van der Waals surface area contributed by atoms with E-state index < -0.39 is 5.97 Å². The zero-order chi connectivity index (χ0) is 20.2. The summed E-state index contributed by atoms with van der Waals surface area (Å²) in [5.74, 6) is 0.645. The van der Waals surface area contributed by atoms with Crippen molar-refractivity contribution in [3.05, 3.63) is 94.6 Å². The van der Waals surface area contributed by atoms with Crippen LogP contribution in [0.25, 0.3) is 11.5 Å². The molecule has 0 bridgehead atoms. The number of esters is 1. The zero-order valence-corrected chi connectivity index (χ0v) is 16.5. The first-order valence-electron chi connectivity index (χ1n) is 9.05. The van der Waals surface area contributed by atoms with E-state index in [-0.39, 0.29) is 6.61 Å². The summed E-state index contributed by atoms with van der Waals surface area (Å²) in [5.41, 5.74) is 2.74. The Kier molecular flexibility index (Phi) is 5.44. The molecule has 6 nitrogen and oxygen atoms in total. The smallest absolute Gasteiger partial charge is 0.341 e. The lowest BCUT2D eigenvalue weighted by Crippen LogP contribution is -2.05. The molecule has 0 N–H and O–H groups in total. The van der Waals surface area contributed by atoms with Crippen molar-refractivity contribution in [2.24, 2.45) is 0 Å². The molecule has 0 aliphatic carbocycles. The van der Waals surface area contributed by atoms with Gasteiger partial charge in [-0.15, -0.1) is 0 Å². The van der Waals surface area contributed by atoms with Crippen molar-refractivity contribution in [3.63, 3.8) is 0 Å². The van der Waals surface area contributed by atoms with Crippen LogP contribution in [-0.2, 0) is 17.9 Å². The first-order valence-corrected chi connectivity index (χ1v) is 9.42. The average Bonchev–Trinajstić information content (AvgIpc) is 3.35. The average molecular weight is 408 g/mol. The summed E-state index contributed by atoms with van der Waals surface area (Å²) in [6, 6.07) is 17.1. The van der Waals surface area contributed by atoms with Crippen LogP contribution in [-0.4, -0.2) is 20.7 Å². The number of rotatable bonds is 6. The minimum absolute atomic E-state index is 0.0245. The minimum atomic E-state index is -0.473. The van der Waals surface area contributed by atoms with Crippen molar-refractivity contribution in [2.45, 2.75) is 20.1 Å². The largest absolute Gasteiger partial charge is 0.455 e. The summed E-state index contributed by atoms with van der Waals surface area (Å²) in [7, 11) is 0. The highest BCUT2D eigenvalue weighted by molar-refractivity contribution is 6.31. The van der Waals surface area contributed by atoms with Crippen LogP contribution in [0.15, 0.2) is 71.4 Å². The Morgan fingerprint density at radius 3 is 2.69 bits per heavy atom. The Labute approximate surface area is 172 Å². The Balaban J connectivity index is 1.40. The van der Waals surface area contributed by atoms with Crippen molar-refractivity contribution in [3.8, 4) is 11.5 Å². The van der Waals surface area contributed by atoms with Gasteiger partial charge in [-0.25, -0.2) is 9.78 Å². The van der Waals surface area contributed by atoms with E-state index in [1.165, 1.54) is 6.20 Å². The van der Waals surface area contributed by atoms with Gasteiger partial charge in [0.05, 0.1) is 18.3 Å². The molecule has 2 aromatic carbocycles. The maximum absolute atomic E-state index is 12.4. The van der Waals surface area contributed by atoms with Gasteiger partial charge in [0.1, 0.15) is 18.1 Å². The van der Waals surface area contributed by atoms with Gasteiger partial charge in [-0.2, -0.15) is 5.10 Å². The third-order valence-corrected chi connectivity index (χ3v) is 4.78. The molecule has 146 valence electrons. The van der Waals surface area contributed by atoms with Gasteiger partial charge in [-0.3, -0.25) is 4.68 Å². The highest BCUT2D eigenvalue weighted by atomic mass is 35.5. The van der Waals surface area contributed by atoms with Gasteiger partial charge in [0.2, 0.25) is 5.89 Å². The molecule has 0 spiro atoms. The molecule has 4 rings (SSSR count). The predicted molar refractivity (Wildman–Crippen MR) is 109 cm³/mol. The Morgan fingerprint density at radius 2 is 1.90 bits per heavy atom. The molecule has 4 aromatic rings. The SMILES string of the molecule is Cc1oc(-c2ccccc2)nc1COC(=O)c1cnn(Cc2ccccc2Cl)c1. The Hall–Kier alpha value is -3.38. The van der Waals surface area contributed by atoms with Crippen molar-refractivity contribution in [1.82, 2.24) is 14.8 Å². The number of oxazole rings is 1. The summed E-state index contributed by atoms with van der Waals surface area (Å²) >= 11 is 6.17. The molecule has 7 heteroatoms. The molecule has 0 atom stereocenters. The number of aryl methyl sites for hydroxylation is 1. The Morgan fingerprint density at radius 1 is 1.14 bits per heavy atom. The predicted octanol–water partition coefficient (Wildman–Crippen LogP) is 4.91. The fourth-order valence-electron chi connectivity index (χ4n) is 2.84. The number of carbonyl (C=O) groups is 1. The van der Waals surface area contributed by atoms with E-state index in [2.05, 4.69) is 10.1 Å². The van der Waals surface area contributed by atoms with Gasteiger partial charge < -0.3 is 9.15 Å². The van der Waals surface area contributed by atoms with Crippen LogP contribution >= 0.6 is 11.6 Å². The van der Waals surface area contributed by atoms with Crippen LogP contribution in [0.3, 0.4) is 0 Å². The van der Waals surface area contributed by atoms with Crippen LogP contribution in [0.1, 0.15) is 27.4 Å². The maximum atomic E-state index is 12.4. The van der Waals surface area contributed by atoms with Crippen LogP contribution in [0.4, 0.5) is 0 Å². The summed E-state index contributed by atoms with van der Waals surface area (Å²) in [6.45, 7) is 2.29. The molecule has 2 heterocycles. The van der Waals surface area contributed by atoms with Gasteiger partial charge in [0, 0.05) is 16.8 Å². The standard InChI is InChI=1S/C22H18ClN3O3/c1-15-20(25-21(29-15)16-7-3-2-4-8-16)14-28-22(27)18-11-24-26(13-18)12-17-9-5-6-10-19(17)23/h2-11,13H,12,14H2,1H3. The van der Waals surface area contributed by atoms with Crippen molar-refractivity contribution in [2.75, 3.05) is 0 Å². The van der Waals surface area contributed by atoms with Crippen LogP contribution in [0.5, 0.6) is 0 Å². The summed E-state index contributed by atoms with van der Waals surface area (Å²) in [5, 5.41) is 4.87. The van der Waals surface area contributed by atoms with E-state index in [4.69, 9.17) is 20.8 Å². The fourth-order valence-corrected chi connectivity index (χ4v) is 3.04. The fraction of sp³-hybridized carbons (Fsp3) is 0.136. The second-order valence-electron chi connectivity index (χ2n) is 6.48. The first-order chi connectivity index (χ1) is 14.1. The molecule has 29 heavy (non-hydrogen) atoms. The molecule has 0 aliphatic rings. The van der Waals surface area contributed by atoms with Gasteiger partial charge in [-0.05, 0) is 30.7 Å². The maximum Gasteiger partial charge on any atom is 0.341 e. The van der Waals surface area contributed by atoms with Gasteiger partial charge in [-0.1, -0.05) is 48.0 Å². The molecular formula is C22H18ClN3O3. The molecule has 2 aromatic heterocycles. The molecule has 0 fully saturated rings. The number of hydrogen-bond acceptors (Lipinski definition) is 5. The second kappa shape index (κ2) is 8.32. The molecule has 0 amide bonds. The molecule has 0 aliphatic heterocycles. The van der Waals surface area contributed by atoms with E-state index in [1.807, 2.05) is 54.6 Å². The quantitative estimate of drug-likeness (QED) is 0.425. The third-order valence-electron chi connectivity index (χ3n) is 4.41. The topological polar surface area (TPSA) is 70.2 Å². The highest BCUT2D eigenvalue weighted by Crippen LogP contribution is 2.22. The third kappa shape index (κ3) is 4.38. The number of nitrogens with zero attached hydrogens (tertiary/aromatic N) is 3. The minimum Gasteiger partial charge on any atom is -0.455 e. The van der Waals surface area contributed by atoms with E-state index in [1.54, 1.807) is 17.8 Å². The summed E-state index contributed by atoms with van der Waals surface area (Å²) < 4.78 is 12.7. The van der Waals surface area contributed by atoms with E-state index >= 15 is 0 Å². The van der Waals surface area contributed by atoms with Crippen molar-refractivity contribution < 1.29 is 13.9 Å². The van der Waals surface area contributed by atoms with Crippen LogP contribution in [0, 0.1) is 6.92 Å². The normalized spacial score (nSPS) is 10.8. The number of hydrogen-bond donors (Lipinski definition) is 0. The van der Waals surface area contributed by atoms with Crippen LogP contribution < -0.4 is 0 Å². The first kappa shape index (κ1) is 19.0. The molecule has 0 saturated carbocycles. The van der Waals surface area contributed by atoms with Crippen LogP contribution in [0.2, 0.25) is 5.02 Å². The second-order valence-corrected chi connectivity index (χ2v) is 6.89. The summed E-state index contributed by atoms with van der Waals surface area (Å²) in [4.78, 5) is 16.8. The molecule has 0 unspecified atom stereocenters. The molecule has 0 radical (unpaired) electrons. The van der Waals surface area contributed by atoms with Gasteiger partial charge in [0.25, 0.3) is 0 Å². The number of ether oxygens (including phenoxy) is 1. The van der Waals surface area contributed by atoms with Gasteiger partial charge in [0.15, 0.2) is 0 Å². The van der Waals surface area contributed by atoms with Crippen molar-refractivity contribution in [1.29, 1.82) is 0 Å². The summed E-state index contributed by atoms with van der Waals surface area (Å²) in [6.07, 6.45) is 3.11. The highest BCUT2D eigenvalue weighted by Gasteiger charge is 2.15. The van der Waals surface area contributed by atoms with E-state index in [9.17, 15) is 4.79 Å².